The van der Waals surface area contributed by atoms with Crippen molar-refractivity contribution in [1.82, 2.24) is 0 Å². The van der Waals surface area contributed by atoms with E-state index in [1.54, 1.807) is 0 Å². The van der Waals surface area contributed by atoms with E-state index >= 15 is 0 Å². The van der Waals surface area contributed by atoms with Gasteiger partial charge < -0.3 is 22.9 Å². The van der Waals surface area contributed by atoms with E-state index in [-0.39, 0.29) is 82.9 Å². The van der Waals surface area contributed by atoms with Gasteiger partial charge >= 0.3 is 37.1 Å². The average molecular weight is 2210 g/mol. The first kappa shape index (κ1) is 111. The first-order valence-electron chi connectivity index (χ1n) is 41.7. The van der Waals surface area contributed by atoms with Crippen molar-refractivity contribution in [2.75, 3.05) is 62.1 Å². The summed E-state index contributed by atoms with van der Waals surface area (Å²) in [5.74, 6) is -36.9. The van der Waals surface area contributed by atoms with Crippen molar-refractivity contribution in [1.29, 1.82) is 0 Å². The van der Waals surface area contributed by atoms with Crippen LogP contribution in [0, 0.1) is 113 Å². The van der Waals surface area contributed by atoms with Crippen molar-refractivity contribution >= 4 is 232 Å². The Labute approximate surface area is 841 Å². The van der Waals surface area contributed by atoms with E-state index in [9.17, 15) is 196 Å². The van der Waals surface area contributed by atoms with Gasteiger partial charge in [0, 0.05) is 71.3 Å². The minimum Gasteiger partial charge on any atom is -0.399 e. The van der Waals surface area contributed by atoms with Crippen LogP contribution in [-0.2, 0) is 101 Å². The Morgan fingerprint density at radius 3 is 0.640 bits per heavy atom. The molecule has 4 unspecified atom stereocenters. The van der Waals surface area contributed by atoms with Crippen LogP contribution < -0.4 is 62.1 Å². The largest absolute Gasteiger partial charge is 0.418 e. The van der Waals surface area contributed by atoms with Crippen molar-refractivity contribution in [2.45, 2.75) is 100 Å². The first-order valence-corrected chi connectivity index (χ1v) is 43.4. The van der Waals surface area contributed by atoms with Crippen molar-refractivity contribution < 1.29 is 175 Å². The molecule has 0 bridgehead atoms. The molecule has 150 heavy (non-hydrogen) atoms. The third-order valence-corrected chi connectivity index (χ3v) is 27.8. The zero-order chi connectivity index (χ0) is 113. The zero-order valence-electron chi connectivity index (χ0n) is 75.3. The molecule has 0 saturated carbocycles. The smallest absolute Gasteiger partial charge is 0.399 e. The maximum absolute atomic E-state index is 14.4. The van der Waals surface area contributed by atoms with Gasteiger partial charge in [-0.15, -0.1) is 46.4 Å². The maximum atomic E-state index is 14.4. The van der Waals surface area contributed by atoms with Crippen LogP contribution >= 0.6 is 46.4 Å². The Hall–Kier alpha value is -16.4. The predicted molar refractivity (Wildman–Crippen MR) is 480 cm³/mol. The summed E-state index contributed by atoms with van der Waals surface area (Å²) in [6.45, 7) is 6.98. The number of nitrogens with zero attached hydrogens (tertiary/aromatic N) is 12. The molecular weight excluding hydrogens is 2150 g/mol. The van der Waals surface area contributed by atoms with E-state index in [2.05, 4.69) is 0 Å². The molecule has 8 saturated heterocycles. The highest BCUT2D eigenvalue weighted by molar-refractivity contribution is 6.57. The molecule has 62 heteroatoms. The summed E-state index contributed by atoms with van der Waals surface area (Å²) in [7, 11) is 0. The highest BCUT2D eigenvalue weighted by atomic mass is 35.5. The quantitative estimate of drug-likeness (QED) is 0.0168. The normalized spacial score (nSPS) is 24.1. The number of non-ortho nitro benzene ring substituents is 4. The number of aryl methyl sites for hydroxylation is 4. The number of benzene rings is 8. The number of carbonyl (C=O) groups is 16. The van der Waals surface area contributed by atoms with Crippen LogP contribution in [0.5, 0.6) is 0 Å². The fourth-order valence-corrected chi connectivity index (χ4v) is 20.5. The summed E-state index contributed by atoms with van der Waals surface area (Å²) in [5.41, 5.74) is -5.57. The summed E-state index contributed by atoms with van der Waals surface area (Å²) >= 11 is 24.8. The fourth-order valence-electron chi connectivity index (χ4n) is 18.7. The van der Waals surface area contributed by atoms with Gasteiger partial charge in [0.2, 0.25) is 23.6 Å². The van der Waals surface area contributed by atoms with Gasteiger partial charge in [0.25, 0.3) is 93.6 Å². The Kier molecular flexibility index (Phi) is 27.7. The number of rotatable bonds is 12. The number of nitrogen functional groups attached to an aromatic ring is 4. The number of nitrogens with two attached hydrogens (primary N) is 4. The number of imide groups is 8. The Balaban J connectivity index is 0.000000167. The molecule has 4 spiro atoms. The van der Waals surface area contributed by atoms with Crippen molar-refractivity contribution in [3.8, 4) is 0 Å². The van der Waals surface area contributed by atoms with Gasteiger partial charge in [0.1, 0.15) is 21.5 Å². The van der Waals surface area contributed by atoms with E-state index in [1.807, 2.05) is 0 Å². The molecule has 8 aliphatic heterocycles. The number of carbonyl (C=O) groups excluding carboxylic acids is 16. The van der Waals surface area contributed by atoms with Gasteiger partial charge in [-0.25, -0.2) is 39.2 Å². The molecule has 0 aromatic heterocycles. The van der Waals surface area contributed by atoms with E-state index in [0.29, 0.717) is 62.3 Å². The molecule has 8 heterocycles. The van der Waals surface area contributed by atoms with Gasteiger partial charge in [0.15, 0.2) is 33.5 Å². The topological polar surface area (TPSA) is 576 Å². The van der Waals surface area contributed by atoms with Crippen LogP contribution in [0.1, 0.15) is 58.4 Å². The number of halogens is 22. The monoisotopic (exact) mass is 2200 g/mol. The van der Waals surface area contributed by atoms with E-state index in [1.165, 1.54) is 64.1 Å². The van der Waals surface area contributed by atoms with Crippen LogP contribution in [0.3, 0.4) is 0 Å². The lowest BCUT2D eigenvalue weighted by molar-refractivity contribution is -0.385. The molecule has 8 aromatic rings. The molecule has 788 valence electrons. The molecule has 8 aliphatic rings. The van der Waals surface area contributed by atoms with Gasteiger partial charge in [-0.1, -0.05) is 13.8 Å². The predicted octanol–water partition coefficient (Wildman–Crippen LogP) is 13.8. The van der Waals surface area contributed by atoms with Crippen LogP contribution in [0.4, 0.5) is 170 Å². The van der Waals surface area contributed by atoms with E-state index in [4.69, 9.17) is 69.3 Å². The number of nitro groups is 4. The molecule has 8 aromatic carbocycles. The minimum atomic E-state index is -5.74. The van der Waals surface area contributed by atoms with Gasteiger partial charge in [-0.05, 0) is 147 Å². The Morgan fingerprint density at radius 1 is 0.253 bits per heavy atom. The molecular formula is C88H58Cl4F18N16O24. The molecule has 0 radical (unpaired) electrons. The summed E-state index contributed by atoms with van der Waals surface area (Å²) in [6, 6.07) is 19.4. The maximum Gasteiger partial charge on any atom is 0.418 e. The van der Waals surface area contributed by atoms with Crippen molar-refractivity contribution in [3.05, 3.63) is 231 Å². The Morgan fingerprint density at radius 2 is 0.427 bits per heavy atom. The van der Waals surface area contributed by atoms with E-state index < -0.39 is 302 Å². The molecule has 16 rings (SSSR count). The van der Waals surface area contributed by atoms with Crippen LogP contribution in [0.15, 0.2) is 146 Å². The minimum absolute atomic E-state index is 0.0243. The summed E-state index contributed by atoms with van der Waals surface area (Å²) in [6.07, 6.45) is -32.4. The third-order valence-electron chi connectivity index (χ3n) is 25.6. The fraction of sp³-hybridized carbons (Fsp3) is 0.273. The molecule has 40 nitrogen and oxygen atoms in total. The second-order valence-corrected chi connectivity index (χ2v) is 35.9. The SMILES string of the molecule is Cc1cc(N)ccc1N1C(=O)C(C)[C@]2(C1=O)C(=O)N(c1ccc(N)cc1C(F)(F)F)C(=O)[C@@H]2C(F)(F)F.Cc1cc(N)ccc1N1C(=O)C(Cl)[C@]2(C1=O)C(=O)N(c1ccc(N)cc1C(F)(F)F)C(=O)[C@@H]2Cl.Cc1cc([N+](=O)[O-])ccc1N1C(=O)C(C)[C@]2(C1=O)C(=O)N(c1ccc([N+](=O)[O-])cc1C(F)(F)F)C(=O)[C@@H]2C(F)(F)F.Cc1cc([N+](=O)[O-])ccc1N1C(=O)C(Cl)[C@]2(C1=O)C(=O)N(c1ccc([N+](=O)[O-])cc1C(F)(F)F)C(=O)[C@@H]2Cl. The Bertz CT molecular complexity index is 7420. The third kappa shape index (κ3) is 17.0. The molecule has 12 atom stereocenters. The lowest BCUT2D eigenvalue weighted by Gasteiger charge is -2.29. The highest BCUT2D eigenvalue weighted by Crippen LogP contribution is 2.63. The van der Waals surface area contributed by atoms with Crippen LogP contribution in [-0.4, -0.2) is 148 Å². The number of anilines is 12. The van der Waals surface area contributed by atoms with Crippen LogP contribution in [0.2, 0.25) is 0 Å². The molecule has 16 amide bonds. The average Bonchev–Trinajstić information content (AvgIpc) is 1.51. The molecule has 8 N–H and O–H groups in total. The second-order valence-electron chi connectivity index (χ2n) is 34.2. The number of alkyl halides is 22. The van der Waals surface area contributed by atoms with Crippen molar-refractivity contribution in [2.24, 2.45) is 45.3 Å². The number of hydrogen-bond acceptors (Lipinski definition) is 28. The first-order chi connectivity index (χ1) is 69.0. The molecule has 0 aliphatic carbocycles. The standard InChI is InChI=1S/C23H14F6N4O8.C23H18F6N4O4.C21H11Cl2F3N4O8.C21H15Cl2F3N4O4/c1-9-7-11(32(38)39)3-5-14(9)30-17(34)10(2)21(19(30)36)16(23(27,28)29)18(35)31(20(21)37)15-6-4-12(33(40)41)8-13(15)22(24,25)26;1-9-7-11(30)3-5-14(9)32-17(34)10(2)21(19(32)36)16(23(27,28)29)18(35)33(20(21)37)15-6-4-12(31)8-13(15)22(24,25)26;1-8-6-9(29(35)36)2-4-12(8)27-16(31)14(22)20(18(27)33)15(23)17(32)28(19(20)34)13-5-3-10(30(37)38)7-11(13)21(24,25)26;1-8-6-9(27)2-4-12(8)29-16(31)14(22)20(18(29)33)15(23)17(32)30(19(20)34)13-5-3-10(28)7-11(13)21(24,25)26/h3-8,10,16H,1-2H3;3-8,10,16H,30-31H2,1-2H3;2-7,14-15H,1H3;2-7,14-15H,27-28H2,1H3/t2*10?,16-,21-;2*14?,15-,20-/m0000/s1. The second kappa shape index (κ2) is 37.4. The highest BCUT2D eigenvalue weighted by Gasteiger charge is 2.83. The summed E-state index contributed by atoms with van der Waals surface area (Å²) in [4.78, 5) is 255. The number of amides is 16. The van der Waals surface area contributed by atoms with Gasteiger partial charge in [0.05, 0.1) is 99.3 Å². The van der Waals surface area contributed by atoms with Crippen molar-refractivity contribution in [3.63, 3.8) is 0 Å². The lowest BCUT2D eigenvalue weighted by atomic mass is 9.69. The molecule has 8 fully saturated rings. The number of nitro benzene ring substituents is 4. The lowest BCUT2D eigenvalue weighted by Crippen LogP contribution is -2.51. The zero-order valence-corrected chi connectivity index (χ0v) is 78.3. The summed E-state index contributed by atoms with van der Waals surface area (Å²) < 4.78 is 252. The number of hydrogen-bond donors (Lipinski definition) is 4. The summed E-state index contributed by atoms with van der Waals surface area (Å²) in [5, 5.41) is 35.7. The van der Waals surface area contributed by atoms with Gasteiger partial charge in [-0.3, -0.25) is 117 Å². The van der Waals surface area contributed by atoms with Crippen LogP contribution in [0.25, 0.3) is 0 Å². The van der Waals surface area contributed by atoms with E-state index in [0.717, 1.165) is 68.4 Å². The van der Waals surface area contributed by atoms with Gasteiger partial charge in [-0.2, -0.15) is 79.0 Å².